The van der Waals surface area contributed by atoms with Gasteiger partial charge in [-0.25, -0.2) is 4.79 Å². The summed E-state index contributed by atoms with van der Waals surface area (Å²) >= 11 is 0. The molecule has 0 fully saturated rings. The van der Waals surface area contributed by atoms with E-state index >= 15 is 0 Å². The molecule has 1 unspecified atom stereocenters. The van der Waals surface area contributed by atoms with E-state index in [9.17, 15) is 19.8 Å². The molecular weight excluding hydrogens is 408 g/mol. The summed E-state index contributed by atoms with van der Waals surface area (Å²) in [7, 11) is 0. The van der Waals surface area contributed by atoms with Crippen LogP contribution in [0.15, 0.2) is 42.5 Å². The summed E-state index contributed by atoms with van der Waals surface area (Å²) in [5.41, 5.74) is 4.18. The summed E-state index contributed by atoms with van der Waals surface area (Å²) < 4.78 is 5.57. The number of hydrogen-bond acceptors (Lipinski definition) is 5. The second-order valence-corrected chi connectivity index (χ2v) is 8.19. The van der Waals surface area contributed by atoms with Gasteiger partial charge < -0.3 is 20.3 Å². The highest BCUT2D eigenvalue weighted by Crippen LogP contribution is 2.20. The molecule has 1 aliphatic carbocycles. The number of pyridine rings is 1. The lowest BCUT2D eigenvalue weighted by molar-refractivity contribution is -0.144. The molecule has 1 amide bonds. The number of ether oxygens (including phenoxy) is 1. The normalized spacial score (nSPS) is 14.9. The molecule has 172 valence electrons. The minimum Gasteiger partial charge on any atom is -0.480 e. The zero-order valence-corrected chi connectivity index (χ0v) is 18.3. The molecular formula is C25H32N2O5. The second-order valence-electron chi connectivity index (χ2n) is 8.19. The standard InChI is InChI=1S/C25H32N2O5/c28-23(19-9-2-1-3-10-19)24(29)27-22(25(30)31)15-17-32-16-7-6-11-20-14-13-18-8-4-5-12-21(18)26-20/h1-3,9-10,13-14,22-23,28H,4-8,11-12,15-17H2,(H,27,29)(H,30,31)/t22?,23-/m1/s1. The van der Waals surface area contributed by atoms with Crippen LogP contribution >= 0.6 is 0 Å². The lowest BCUT2D eigenvalue weighted by Crippen LogP contribution is -2.43. The Morgan fingerprint density at radius 3 is 2.59 bits per heavy atom. The smallest absolute Gasteiger partial charge is 0.326 e. The molecule has 3 rings (SSSR count). The fraction of sp³-hybridized carbons (Fsp3) is 0.480. The first-order valence-electron chi connectivity index (χ1n) is 11.4. The van der Waals surface area contributed by atoms with Crippen molar-refractivity contribution in [2.24, 2.45) is 0 Å². The van der Waals surface area contributed by atoms with Gasteiger partial charge in [0.2, 0.25) is 0 Å². The SMILES string of the molecule is O=C(O)C(CCOCCCCc1ccc2c(n1)CCCC2)NC(=O)[C@H](O)c1ccccc1. The number of nitrogens with zero attached hydrogens (tertiary/aromatic N) is 1. The highest BCUT2D eigenvalue weighted by molar-refractivity contribution is 5.86. The number of aliphatic carboxylic acids is 1. The Balaban J connectivity index is 1.32. The number of aliphatic hydroxyl groups is 1. The molecule has 0 saturated carbocycles. The Bertz CT molecular complexity index is 887. The average molecular weight is 441 g/mol. The van der Waals surface area contributed by atoms with E-state index in [1.165, 1.54) is 24.1 Å². The van der Waals surface area contributed by atoms with Gasteiger partial charge in [-0.2, -0.15) is 0 Å². The maximum atomic E-state index is 12.2. The monoisotopic (exact) mass is 440 g/mol. The van der Waals surface area contributed by atoms with Crippen LogP contribution in [0, 0.1) is 0 Å². The summed E-state index contributed by atoms with van der Waals surface area (Å²) in [4.78, 5) is 28.4. The number of carboxylic acids is 1. The van der Waals surface area contributed by atoms with Crippen molar-refractivity contribution in [1.29, 1.82) is 0 Å². The molecule has 1 aliphatic rings. The Labute approximate surface area is 188 Å². The highest BCUT2D eigenvalue weighted by Gasteiger charge is 2.24. The van der Waals surface area contributed by atoms with Crippen LogP contribution in [0.1, 0.15) is 60.7 Å². The molecule has 0 saturated heterocycles. The predicted octanol–water partition coefficient (Wildman–Crippen LogP) is 2.99. The van der Waals surface area contributed by atoms with Gasteiger partial charge in [0.25, 0.3) is 5.91 Å². The molecule has 1 aromatic heterocycles. The van der Waals surface area contributed by atoms with Crippen molar-refractivity contribution < 1.29 is 24.5 Å². The maximum absolute atomic E-state index is 12.2. The average Bonchev–Trinajstić information content (AvgIpc) is 2.82. The van der Waals surface area contributed by atoms with E-state index in [1.807, 2.05) is 0 Å². The number of unbranched alkanes of at least 4 members (excludes halogenated alkanes) is 1. The first-order chi connectivity index (χ1) is 15.5. The summed E-state index contributed by atoms with van der Waals surface area (Å²) in [5, 5.41) is 21.9. The quantitative estimate of drug-likeness (QED) is 0.438. The van der Waals surface area contributed by atoms with Crippen molar-refractivity contribution in [3.63, 3.8) is 0 Å². The van der Waals surface area contributed by atoms with E-state index in [-0.39, 0.29) is 13.0 Å². The predicted molar refractivity (Wildman–Crippen MR) is 120 cm³/mol. The van der Waals surface area contributed by atoms with Gasteiger partial charge in [0.15, 0.2) is 6.10 Å². The van der Waals surface area contributed by atoms with Crippen LogP contribution in [-0.4, -0.2) is 46.3 Å². The third kappa shape index (κ3) is 7.14. The van der Waals surface area contributed by atoms with Crippen LogP contribution < -0.4 is 5.32 Å². The number of benzene rings is 1. The first kappa shape index (κ1) is 23.9. The number of hydrogen-bond donors (Lipinski definition) is 3. The molecule has 3 N–H and O–H groups in total. The van der Waals surface area contributed by atoms with E-state index in [4.69, 9.17) is 9.72 Å². The largest absolute Gasteiger partial charge is 0.480 e. The molecule has 7 heteroatoms. The minimum absolute atomic E-state index is 0.134. The van der Waals surface area contributed by atoms with Crippen LogP contribution in [-0.2, 0) is 33.6 Å². The summed E-state index contributed by atoms with van der Waals surface area (Å²) in [6, 6.07) is 11.6. The van der Waals surface area contributed by atoms with Gasteiger partial charge in [-0.1, -0.05) is 36.4 Å². The number of carbonyl (C=O) groups excluding carboxylic acids is 1. The van der Waals surface area contributed by atoms with E-state index in [0.29, 0.717) is 12.2 Å². The zero-order valence-electron chi connectivity index (χ0n) is 18.3. The van der Waals surface area contributed by atoms with Crippen molar-refractivity contribution >= 4 is 11.9 Å². The Kier molecular flexibility index (Phi) is 9.19. The number of aromatic nitrogens is 1. The minimum atomic E-state index is -1.41. The van der Waals surface area contributed by atoms with E-state index in [1.54, 1.807) is 30.3 Å². The van der Waals surface area contributed by atoms with E-state index in [0.717, 1.165) is 37.8 Å². The summed E-state index contributed by atoms with van der Waals surface area (Å²) in [5.74, 6) is -1.89. The number of fused-ring (bicyclic) bond motifs is 1. The lowest BCUT2D eigenvalue weighted by Gasteiger charge is -2.17. The van der Waals surface area contributed by atoms with Crippen molar-refractivity contribution in [2.45, 2.75) is 63.5 Å². The number of carbonyl (C=O) groups is 2. The van der Waals surface area contributed by atoms with Crippen LogP contribution in [0.4, 0.5) is 0 Å². The van der Waals surface area contributed by atoms with E-state index in [2.05, 4.69) is 17.4 Å². The molecule has 0 bridgehead atoms. The fourth-order valence-corrected chi connectivity index (χ4v) is 3.87. The number of amides is 1. The Morgan fingerprint density at radius 1 is 1.03 bits per heavy atom. The molecule has 32 heavy (non-hydrogen) atoms. The van der Waals surface area contributed by atoms with Gasteiger partial charge >= 0.3 is 5.97 Å². The zero-order chi connectivity index (χ0) is 22.8. The van der Waals surface area contributed by atoms with Gasteiger partial charge in [0, 0.05) is 31.0 Å². The number of carboxylic acid groups (broad SMARTS) is 1. The highest BCUT2D eigenvalue weighted by atomic mass is 16.5. The van der Waals surface area contributed by atoms with Crippen LogP contribution in [0.2, 0.25) is 0 Å². The Morgan fingerprint density at radius 2 is 1.81 bits per heavy atom. The van der Waals surface area contributed by atoms with Gasteiger partial charge in [-0.15, -0.1) is 0 Å². The molecule has 1 heterocycles. The summed E-state index contributed by atoms with van der Waals surface area (Å²) in [6.45, 7) is 0.744. The van der Waals surface area contributed by atoms with Gasteiger partial charge in [0.05, 0.1) is 0 Å². The third-order valence-corrected chi connectivity index (χ3v) is 5.74. The maximum Gasteiger partial charge on any atom is 0.326 e. The molecule has 0 radical (unpaired) electrons. The third-order valence-electron chi connectivity index (χ3n) is 5.74. The van der Waals surface area contributed by atoms with Gasteiger partial charge in [-0.05, 0) is 62.1 Å². The number of rotatable bonds is 12. The van der Waals surface area contributed by atoms with Crippen molar-refractivity contribution in [2.75, 3.05) is 13.2 Å². The topological polar surface area (TPSA) is 109 Å². The van der Waals surface area contributed by atoms with E-state index < -0.39 is 24.0 Å². The van der Waals surface area contributed by atoms with Gasteiger partial charge in [0.1, 0.15) is 6.04 Å². The van der Waals surface area contributed by atoms with Crippen LogP contribution in [0.5, 0.6) is 0 Å². The number of aliphatic hydroxyl groups excluding tert-OH is 1. The molecule has 2 aromatic rings. The molecule has 7 nitrogen and oxygen atoms in total. The van der Waals surface area contributed by atoms with Crippen molar-refractivity contribution in [3.05, 3.63) is 65.0 Å². The van der Waals surface area contributed by atoms with Crippen molar-refractivity contribution in [1.82, 2.24) is 10.3 Å². The van der Waals surface area contributed by atoms with Crippen LogP contribution in [0.3, 0.4) is 0 Å². The number of aryl methyl sites for hydroxylation is 3. The van der Waals surface area contributed by atoms with Crippen LogP contribution in [0.25, 0.3) is 0 Å². The molecule has 2 atom stereocenters. The Hall–Kier alpha value is -2.77. The summed E-state index contributed by atoms with van der Waals surface area (Å²) in [6.07, 6.45) is 6.14. The number of nitrogens with one attached hydrogen (secondary N) is 1. The first-order valence-corrected chi connectivity index (χ1v) is 11.4. The molecule has 1 aromatic carbocycles. The second kappa shape index (κ2) is 12.3. The van der Waals surface area contributed by atoms with Crippen molar-refractivity contribution in [3.8, 4) is 0 Å². The fourth-order valence-electron chi connectivity index (χ4n) is 3.87. The van der Waals surface area contributed by atoms with Gasteiger partial charge in [-0.3, -0.25) is 9.78 Å². The molecule has 0 aliphatic heterocycles. The lowest BCUT2D eigenvalue weighted by atomic mass is 9.95. The molecule has 0 spiro atoms.